The fourth-order valence-electron chi connectivity index (χ4n) is 0.607. The summed E-state index contributed by atoms with van der Waals surface area (Å²) in [4.78, 5) is -0.307. The zero-order valence-corrected chi connectivity index (χ0v) is 6.18. The number of benzene rings is 1. The van der Waals surface area contributed by atoms with Crippen LogP contribution >= 0.6 is 0 Å². The molecule has 0 unspecified atom stereocenters. The molecule has 0 aromatic heterocycles. The molecule has 0 aliphatic heterocycles. The van der Waals surface area contributed by atoms with E-state index in [2.05, 4.69) is 0 Å². The second kappa shape index (κ2) is 4.08. The molecule has 12 heavy (non-hydrogen) atoms. The summed E-state index contributed by atoms with van der Waals surface area (Å²) >= 11 is 0. The Hall–Kier alpha value is -0.304. The van der Waals surface area contributed by atoms with Crippen LogP contribution < -0.4 is 0 Å². The van der Waals surface area contributed by atoms with Crippen molar-refractivity contribution in [2.45, 2.75) is 4.90 Å². The van der Waals surface area contributed by atoms with Gasteiger partial charge in [-0.3, -0.25) is 4.55 Å². The van der Waals surface area contributed by atoms with Crippen LogP contribution in [0.4, 0.5) is 4.39 Å². The van der Waals surface area contributed by atoms with Crippen LogP contribution in [0.5, 0.6) is 0 Å². The molecular weight excluding hydrogens is 241 g/mol. The molecule has 3 nitrogen and oxygen atoms in total. The van der Waals surface area contributed by atoms with E-state index in [1.165, 1.54) is 0 Å². The van der Waals surface area contributed by atoms with E-state index >= 15 is 0 Å². The van der Waals surface area contributed by atoms with Crippen molar-refractivity contribution in [2.24, 2.45) is 0 Å². The topological polar surface area (TPSA) is 54.4 Å². The molecule has 1 aromatic rings. The van der Waals surface area contributed by atoms with E-state index in [0.717, 1.165) is 24.3 Å². The molecule has 0 spiro atoms. The maximum absolute atomic E-state index is 12.2. The minimum atomic E-state index is -4.19. The summed E-state index contributed by atoms with van der Waals surface area (Å²) in [5.74, 6) is -0.544. The van der Waals surface area contributed by atoms with Crippen LogP contribution in [0, 0.1) is 5.82 Å². The van der Waals surface area contributed by atoms with Crippen LogP contribution in [0.25, 0.3) is 0 Å². The molecule has 66 valence electrons. The van der Waals surface area contributed by atoms with Gasteiger partial charge < -0.3 is 0 Å². The van der Waals surface area contributed by atoms with E-state index in [9.17, 15) is 12.8 Å². The predicted octanol–water partition coefficient (Wildman–Crippen LogP) is -0.111. The average Bonchev–Trinajstić information content (AvgIpc) is 1.86. The van der Waals surface area contributed by atoms with E-state index < -0.39 is 15.9 Å². The zero-order valence-electron chi connectivity index (χ0n) is 5.36. The van der Waals surface area contributed by atoms with Gasteiger partial charge in [-0.05, 0) is 24.3 Å². The van der Waals surface area contributed by atoms with Gasteiger partial charge in [-0.1, -0.05) is 0 Å². The molecule has 0 saturated heterocycles. The van der Waals surface area contributed by atoms with Crippen LogP contribution in [0.3, 0.4) is 0 Å². The van der Waals surface area contributed by atoms with E-state index in [4.69, 9.17) is 4.55 Å². The van der Waals surface area contributed by atoms with Crippen molar-refractivity contribution in [3.05, 3.63) is 30.1 Å². The SMILES string of the molecule is O=S(=O)(O)c1ccc(F)cc1.[GaH3]. The number of halogens is 1. The fourth-order valence-corrected chi connectivity index (χ4v) is 1.09. The minimum absolute atomic E-state index is 0. The third-order valence-corrected chi connectivity index (χ3v) is 1.98. The summed E-state index contributed by atoms with van der Waals surface area (Å²) in [6.45, 7) is 0. The Kier molecular flexibility index (Phi) is 3.98. The molecule has 0 saturated carbocycles. The van der Waals surface area contributed by atoms with Crippen molar-refractivity contribution in [1.29, 1.82) is 0 Å². The second-order valence-electron chi connectivity index (χ2n) is 1.93. The van der Waals surface area contributed by atoms with Gasteiger partial charge in [0.15, 0.2) is 0 Å². The normalized spacial score (nSPS) is 10.5. The first kappa shape index (κ1) is 11.7. The summed E-state index contributed by atoms with van der Waals surface area (Å²) in [5.41, 5.74) is 0. The van der Waals surface area contributed by atoms with E-state index in [-0.39, 0.29) is 24.7 Å². The molecule has 0 heterocycles. The molecule has 0 atom stereocenters. The van der Waals surface area contributed by atoms with Crippen LogP contribution in [0.1, 0.15) is 0 Å². The molecule has 0 radical (unpaired) electrons. The van der Waals surface area contributed by atoms with E-state index in [1.54, 1.807) is 0 Å². The van der Waals surface area contributed by atoms with Gasteiger partial charge in [0.05, 0.1) is 4.90 Å². The van der Waals surface area contributed by atoms with Gasteiger partial charge in [0.1, 0.15) is 5.82 Å². The van der Waals surface area contributed by atoms with E-state index in [0.29, 0.717) is 0 Å². The number of hydrogen-bond donors (Lipinski definition) is 1. The summed E-state index contributed by atoms with van der Waals surface area (Å²) in [7, 11) is -4.19. The fraction of sp³-hybridized carbons (Fsp3) is 0. The first-order valence-electron chi connectivity index (χ1n) is 2.73. The van der Waals surface area contributed by atoms with Crippen molar-refractivity contribution in [3.63, 3.8) is 0 Å². The first-order valence-corrected chi connectivity index (χ1v) is 4.17. The standard InChI is InChI=1S/C6H5FO3S.Ga.3H/c7-5-1-3-6(4-2-5)11(8,9)10;;;;/h1-4H,(H,8,9,10);;;;. The first-order chi connectivity index (χ1) is 5.00. The van der Waals surface area contributed by atoms with Crippen LogP contribution in [0.15, 0.2) is 29.2 Å². The predicted molar refractivity (Wildman–Crippen MR) is 46.2 cm³/mol. The maximum atomic E-state index is 12.2. The summed E-state index contributed by atoms with van der Waals surface area (Å²) < 4.78 is 41.4. The molecule has 0 bridgehead atoms. The van der Waals surface area contributed by atoms with Crippen molar-refractivity contribution in [1.82, 2.24) is 0 Å². The Balaban J connectivity index is 0.00000121. The molecule has 1 aromatic carbocycles. The second-order valence-corrected chi connectivity index (χ2v) is 3.35. The van der Waals surface area contributed by atoms with Crippen LogP contribution in [-0.2, 0) is 10.1 Å². The summed E-state index contributed by atoms with van der Waals surface area (Å²) in [6.07, 6.45) is 0. The monoisotopic (exact) mass is 248 g/mol. The number of hydrogen-bond acceptors (Lipinski definition) is 2. The zero-order chi connectivity index (χ0) is 8.48. The van der Waals surface area contributed by atoms with E-state index in [1.807, 2.05) is 0 Å². The Morgan fingerprint density at radius 1 is 1.17 bits per heavy atom. The van der Waals surface area contributed by atoms with Crippen molar-refractivity contribution < 1.29 is 17.4 Å². The van der Waals surface area contributed by atoms with Crippen molar-refractivity contribution >= 4 is 29.9 Å². The molecule has 1 N–H and O–H groups in total. The molecule has 0 amide bonds. The van der Waals surface area contributed by atoms with Crippen molar-refractivity contribution in [2.75, 3.05) is 0 Å². The third kappa shape index (κ3) is 2.98. The summed E-state index contributed by atoms with van der Waals surface area (Å²) in [5, 5.41) is 0. The third-order valence-electron chi connectivity index (χ3n) is 1.11. The molecule has 0 aliphatic rings. The molecule has 6 heteroatoms. The summed E-state index contributed by atoms with van der Waals surface area (Å²) in [6, 6.07) is 3.90. The van der Waals surface area contributed by atoms with Gasteiger partial charge >= 0.3 is 19.8 Å². The number of rotatable bonds is 1. The molecule has 0 aliphatic carbocycles. The Labute approximate surface area is 82.4 Å². The van der Waals surface area contributed by atoms with Crippen LogP contribution in [-0.4, -0.2) is 32.8 Å². The Morgan fingerprint density at radius 3 is 1.92 bits per heavy atom. The van der Waals surface area contributed by atoms with Gasteiger partial charge in [0.2, 0.25) is 0 Å². The Bertz CT molecular complexity index is 346. The molecule has 1 rings (SSSR count). The van der Waals surface area contributed by atoms with Gasteiger partial charge in [0.25, 0.3) is 10.1 Å². The van der Waals surface area contributed by atoms with Gasteiger partial charge in [0, 0.05) is 0 Å². The Morgan fingerprint density at radius 2 is 1.58 bits per heavy atom. The molecular formula is C6H8FGaO3S. The molecule has 0 fully saturated rings. The van der Waals surface area contributed by atoms with Crippen molar-refractivity contribution in [3.8, 4) is 0 Å². The van der Waals surface area contributed by atoms with Gasteiger partial charge in [-0.25, -0.2) is 4.39 Å². The van der Waals surface area contributed by atoms with Crippen LogP contribution in [0.2, 0.25) is 0 Å². The van der Waals surface area contributed by atoms with Gasteiger partial charge in [-0.2, -0.15) is 8.42 Å². The average molecular weight is 249 g/mol. The van der Waals surface area contributed by atoms with Gasteiger partial charge in [-0.15, -0.1) is 0 Å². The quantitative estimate of drug-likeness (QED) is 0.558.